The molecule has 3 aromatic carbocycles. The molecule has 4 aromatic rings. The lowest BCUT2D eigenvalue weighted by Gasteiger charge is -2.09. The number of hydrogen-bond donors (Lipinski definition) is 0. The maximum Gasteiger partial charge on any atom is 0.344 e. The van der Waals surface area contributed by atoms with Crippen LogP contribution in [-0.2, 0) is 6.61 Å². The topological polar surface area (TPSA) is 53.4 Å². The van der Waals surface area contributed by atoms with E-state index in [9.17, 15) is 4.79 Å². The molecule has 0 unspecified atom stereocenters. The first-order chi connectivity index (χ1) is 14.6. The van der Waals surface area contributed by atoms with Crippen LogP contribution in [0.4, 0.5) is 0 Å². The molecular weight excluding hydrogens is 400 g/mol. The number of benzene rings is 3. The fraction of sp³-hybridized carbons (Fsp3) is 0.0833. The summed E-state index contributed by atoms with van der Waals surface area (Å²) < 4.78 is 12.9. The zero-order valence-corrected chi connectivity index (χ0v) is 17.0. The molecule has 0 aliphatic heterocycles. The van der Waals surface area contributed by atoms with Crippen LogP contribution in [0.25, 0.3) is 5.69 Å². The third-order valence-electron chi connectivity index (χ3n) is 4.41. The van der Waals surface area contributed by atoms with Crippen molar-refractivity contribution in [3.8, 4) is 17.3 Å². The quantitative estimate of drug-likeness (QED) is 0.381. The van der Waals surface area contributed by atoms with Crippen molar-refractivity contribution in [1.29, 1.82) is 0 Å². The number of aromatic nitrogens is 2. The van der Waals surface area contributed by atoms with Gasteiger partial charge in [0.15, 0.2) is 0 Å². The predicted octanol–water partition coefficient (Wildman–Crippen LogP) is 5.63. The second-order valence-electron chi connectivity index (χ2n) is 6.70. The van der Waals surface area contributed by atoms with Crippen molar-refractivity contribution in [3.63, 3.8) is 0 Å². The van der Waals surface area contributed by atoms with Crippen LogP contribution in [0.1, 0.15) is 21.6 Å². The largest absolute Gasteiger partial charge is 0.489 e. The van der Waals surface area contributed by atoms with Crippen molar-refractivity contribution in [3.05, 3.63) is 107 Å². The maximum atomic E-state index is 12.6. The minimum atomic E-state index is -0.472. The predicted molar refractivity (Wildman–Crippen MR) is 115 cm³/mol. The van der Waals surface area contributed by atoms with Gasteiger partial charge in [-0.2, -0.15) is 5.10 Å². The van der Waals surface area contributed by atoms with Gasteiger partial charge in [-0.1, -0.05) is 41.9 Å². The normalized spacial score (nSPS) is 10.6. The number of aryl methyl sites for hydroxylation is 1. The zero-order valence-electron chi connectivity index (χ0n) is 16.3. The van der Waals surface area contributed by atoms with Gasteiger partial charge in [0, 0.05) is 11.1 Å². The van der Waals surface area contributed by atoms with E-state index in [2.05, 4.69) is 5.10 Å². The number of nitrogens with zero attached hydrogens (tertiary/aromatic N) is 2. The first kappa shape index (κ1) is 19.7. The fourth-order valence-corrected chi connectivity index (χ4v) is 3.02. The first-order valence-corrected chi connectivity index (χ1v) is 9.78. The van der Waals surface area contributed by atoms with Crippen molar-refractivity contribution >= 4 is 17.6 Å². The summed E-state index contributed by atoms with van der Waals surface area (Å²) >= 11 is 5.95. The Morgan fingerprint density at radius 3 is 2.37 bits per heavy atom. The fourth-order valence-electron chi connectivity index (χ4n) is 2.90. The molecule has 1 heterocycles. The molecule has 150 valence electrons. The molecule has 0 fully saturated rings. The van der Waals surface area contributed by atoms with Crippen LogP contribution < -0.4 is 9.47 Å². The van der Waals surface area contributed by atoms with E-state index in [0.29, 0.717) is 28.8 Å². The van der Waals surface area contributed by atoms with Crippen LogP contribution in [0.15, 0.2) is 84.9 Å². The summed E-state index contributed by atoms with van der Waals surface area (Å²) in [7, 11) is 0. The van der Waals surface area contributed by atoms with Crippen molar-refractivity contribution in [1.82, 2.24) is 9.78 Å². The van der Waals surface area contributed by atoms with Gasteiger partial charge in [0.05, 0.1) is 16.9 Å². The van der Waals surface area contributed by atoms with Crippen molar-refractivity contribution in [2.24, 2.45) is 0 Å². The van der Waals surface area contributed by atoms with E-state index in [0.717, 1.165) is 16.9 Å². The Morgan fingerprint density at radius 2 is 1.67 bits per heavy atom. The zero-order chi connectivity index (χ0) is 20.9. The number of rotatable bonds is 6. The molecule has 1 aromatic heterocycles. The van der Waals surface area contributed by atoms with Gasteiger partial charge in [-0.15, -0.1) is 0 Å². The molecule has 5 nitrogen and oxygen atoms in total. The molecule has 0 radical (unpaired) electrons. The van der Waals surface area contributed by atoms with E-state index < -0.39 is 5.97 Å². The Bertz CT molecular complexity index is 1140. The number of esters is 1. The third kappa shape index (κ3) is 4.70. The van der Waals surface area contributed by atoms with Crippen LogP contribution in [-0.4, -0.2) is 15.7 Å². The van der Waals surface area contributed by atoms with Gasteiger partial charge in [-0.05, 0) is 61.0 Å². The van der Waals surface area contributed by atoms with Gasteiger partial charge in [0.25, 0.3) is 0 Å². The Labute approximate surface area is 179 Å². The Morgan fingerprint density at radius 1 is 0.967 bits per heavy atom. The van der Waals surface area contributed by atoms with Crippen LogP contribution in [0.5, 0.6) is 11.6 Å². The highest BCUT2D eigenvalue weighted by Crippen LogP contribution is 2.22. The Hall–Kier alpha value is -3.57. The standard InChI is InChI=1S/C24H19ClN2O3/c1-17-15-23(27(26-17)21-11-9-20(25)10-12-21)30-24(28)19-7-13-22(14-8-19)29-16-18-5-3-2-4-6-18/h2-15H,16H2,1H3. The SMILES string of the molecule is Cc1cc(OC(=O)c2ccc(OCc3ccccc3)cc2)n(-c2ccc(Cl)cc2)n1. The number of halogens is 1. The van der Waals surface area contributed by atoms with Gasteiger partial charge in [-0.25, -0.2) is 9.48 Å². The van der Waals surface area contributed by atoms with Gasteiger partial charge in [0.1, 0.15) is 12.4 Å². The lowest BCUT2D eigenvalue weighted by Crippen LogP contribution is -2.11. The molecule has 0 spiro atoms. The van der Waals surface area contributed by atoms with Crippen LogP contribution >= 0.6 is 11.6 Å². The number of hydrogen-bond acceptors (Lipinski definition) is 4. The van der Waals surface area contributed by atoms with Crippen LogP contribution in [0.3, 0.4) is 0 Å². The average Bonchev–Trinajstić information content (AvgIpc) is 3.13. The summed E-state index contributed by atoms with van der Waals surface area (Å²) in [4.78, 5) is 12.6. The molecule has 6 heteroatoms. The maximum absolute atomic E-state index is 12.6. The minimum absolute atomic E-state index is 0.337. The summed E-state index contributed by atoms with van der Waals surface area (Å²) in [5.41, 5.74) is 2.98. The lowest BCUT2D eigenvalue weighted by atomic mass is 10.2. The highest BCUT2D eigenvalue weighted by molar-refractivity contribution is 6.30. The molecule has 0 N–H and O–H groups in total. The molecule has 0 aliphatic rings. The van der Waals surface area contributed by atoms with E-state index >= 15 is 0 Å². The van der Waals surface area contributed by atoms with E-state index in [1.54, 1.807) is 47.1 Å². The minimum Gasteiger partial charge on any atom is -0.489 e. The molecule has 4 rings (SSSR count). The van der Waals surface area contributed by atoms with Crippen LogP contribution in [0.2, 0.25) is 5.02 Å². The molecule has 30 heavy (non-hydrogen) atoms. The Kier molecular flexibility index (Phi) is 5.82. The lowest BCUT2D eigenvalue weighted by molar-refractivity contribution is 0.0723. The molecule has 0 bridgehead atoms. The van der Waals surface area contributed by atoms with Crippen LogP contribution in [0, 0.1) is 6.92 Å². The summed E-state index contributed by atoms with van der Waals surface area (Å²) in [6.45, 7) is 2.30. The van der Waals surface area contributed by atoms with Crippen molar-refractivity contribution in [2.75, 3.05) is 0 Å². The highest BCUT2D eigenvalue weighted by Gasteiger charge is 2.15. The van der Waals surface area contributed by atoms with E-state index in [1.807, 2.05) is 49.4 Å². The smallest absolute Gasteiger partial charge is 0.344 e. The van der Waals surface area contributed by atoms with Gasteiger partial charge in [0.2, 0.25) is 5.88 Å². The molecule has 0 saturated carbocycles. The van der Waals surface area contributed by atoms with E-state index in [-0.39, 0.29) is 0 Å². The van der Waals surface area contributed by atoms with Gasteiger partial charge >= 0.3 is 5.97 Å². The summed E-state index contributed by atoms with van der Waals surface area (Å²) in [5.74, 6) is 0.543. The highest BCUT2D eigenvalue weighted by atomic mass is 35.5. The average molecular weight is 419 g/mol. The van der Waals surface area contributed by atoms with E-state index in [1.165, 1.54) is 0 Å². The monoisotopic (exact) mass is 418 g/mol. The van der Waals surface area contributed by atoms with Gasteiger partial charge in [-0.3, -0.25) is 0 Å². The molecule has 0 amide bonds. The molecule has 0 aliphatic carbocycles. The summed E-state index contributed by atoms with van der Waals surface area (Å²) in [6, 6.07) is 25.6. The first-order valence-electron chi connectivity index (χ1n) is 9.40. The summed E-state index contributed by atoms with van der Waals surface area (Å²) in [5, 5.41) is 5.02. The molecule has 0 atom stereocenters. The molecule has 0 saturated heterocycles. The van der Waals surface area contributed by atoms with E-state index in [4.69, 9.17) is 21.1 Å². The van der Waals surface area contributed by atoms with Crippen molar-refractivity contribution < 1.29 is 14.3 Å². The second kappa shape index (κ2) is 8.84. The van der Waals surface area contributed by atoms with Crippen molar-refractivity contribution in [2.45, 2.75) is 13.5 Å². The number of carbonyl (C=O) groups is 1. The van der Waals surface area contributed by atoms with Gasteiger partial charge < -0.3 is 9.47 Å². The molecular formula is C24H19ClN2O3. The Balaban J connectivity index is 1.45. The number of ether oxygens (including phenoxy) is 2. The number of carbonyl (C=O) groups excluding carboxylic acids is 1. The second-order valence-corrected chi connectivity index (χ2v) is 7.14. The third-order valence-corrected chi connectivity index (χ3v) is 4.66. The summed E-state index contributed by atoms with van der Waals surface area (Å²) in [6.07, 6.45) is 0.